The monoisotopic (exact) mass is 264 g/mol. The van der Waals surface area contributed by atoms with Gasteiger partial charge in [-0.05, 0) is 38.3 Å². The molecule has 0 saturated heterocycles. The molecule has 19 heavy (non-hydrogen) atoms. The number of nitrogens with two attached hydrogens (primary N) is 1. The highest BCUT2D eigenvalue weighted by atomic mass is 19.1. The molecule has 1 aliphatic carbocycles. The summed E-state index contributed by atoms with van der Waals surface area (Å²) in [5, 5.41) is 0. The second-order valence-electron chi connectivity index (χ2n) is 5.54. The lowest BCUT2D eigenvalue weighted by Crippen LogP contribution is -2.38. The Labute approximate surface area is 115 Å². The van der Waals surface area contributed by atoms with Gasteiger partial charge in [0, 0.05) is 18.6 Å². The van der Waals surface area contributed by atoms with Crippen LogP contribution in [0.4, 0.5) is 10.1 Å². The van der Waals surface area contributed by atoms with Crippen LogP contribution in [-0.4, -0.2) is 12.6 Å². The third-order valence-corrected chi connectivity index (χ3v) is 4.15. The Balaban J connectivity index is 2.36. The average Bonchev–Trinajstić information content (AvgIpc) is 2.42. The number of nitrogens with zero attached hydrogens (tertiary/aromatic N) is 1. The molecule has 1 unspecified atom stereocenters. The van der Waals surface area contributed by atoms with Gasteiger partial charge in [0.15, 0.2) is 0 Å². The minimum atomic E-state index is -0.137. The normalized spacial score (nSPS) is 18.3. The molecule has 1 aliphatic rings. The summed E-state index contributed by atoms with van der Waals surface area (Å²) in [4.78, 5) is 2.23. The molecule has 1 aromatic rings. The zero-order valence-corrected chi connectivity index (χ0v) is 12.0. The van der Waals surface area contributed by atoms with Crippen molar-refractivity contribution in [1.82, 2.24) is 0 Å². The van der Waals surface area contributed by atoms with E-state index in [1.54, 1.807) is 12.1 Å². The van der Waals surface area contributed by atoms with Gasteiger partial charge in [-0.25, -0.2) is 4.39 Å². The first kappa shape index (κ1) is 14.3. The summed E-state index contributed by atoms with van der Waals surface area (Å²) in [6.07, 6.45) is 6.15. The molecule has 0 heterocycles. The Bertz CT molecular complexity index is 411. The summed E-state index contributed by atoms with van der Waals surface area (Å²) >= 11 is 0. The van der Waals surface area contributed by atoms with Crippen molar-refractivity contribution < 1.29 is 4.39 Å². The molecule has 1 saturated carbocycles. The number of hydrogen-bond acceptors (Lipinski definition) is 2. The molecule has 0 aliphatic heterocycles. The summed E-state index contributed by atoms with van der Waals surface area (Å²) in [6.45, 7) is 4.87. The molecule has 2 N–H and O–H groups in total. The lowest BCUT2D eigenvalue weighted by atomic mass is 9.92. The Kier molecular flexibility index (Phi) is 4.81. The van der Waals surface area contributed by atoms with Gasteiger partial charge in [0.05, 0.1) is 5.69 Å². The summed E-state index contributed by atoms with van der Waals surface area (Å²) in [7, 11) is 0. The van der Waals surface area contributed by atoms with Crippen LogP contribution in [-0.2, 0) is 0 Å². The lowest BCUT2D eigenvalue weighted by molar-refractivity contribution is 0.413. The van der Waals surface area contributed by atoms with Crippen LogP contribution in [0, 0.1) is 5.82 Å². The standard InChI is InChI=1S/C16H25FN2/c1-3-19(13-8-5-4-6-9-13)16-14(12(2)18)10-7-11-15(16)17/h7,10-13H,3-6,8-9,18H2,1-2H3. The Morgan fingerprint density at radius 1 is 1.32 bits per heavy atom. The number of para-hydroxylation sites is 1. The lowest BCUT2D eigenvalue weighted by Gasteiger charge is -2.37. The Hall–Kier alpha value is -1.09. The molecular weight excluding hydrogens is 239 g/mol. The Morgan fingerprint density at radius 3 is 2.58 bits per heavy atom. The van der Waals surface area contributed by atoms with Crippen molar-refractivity contribution in [2.24, 2.45) is 5.73 Å². The molecule has 3 heteroatoms. The first-order chi connectivity index (χ1) is 9.15. The van der Waals surface area contributed by atoms with E-state index in [0.29, 0.717) is 6.04 Å². The van der Waals surface area contributed by atoms with Crippen molar-refractivity contribution in [3.8, 4) is 0 Å². The fraction of sp³-hybridized carbons (Fsp3) is 0.625. The summed E-state index contributed by atoms with van der Waals surface area (Å²) in [5.74, 6) is -0.137. The van der Waals surface area contributed by atoms with Gasteiger partial charge in [0.25, 0.3) is 0 Å². The fourth-order valence-corrected chi connectivity index (χ4v) is 3.19. The van der Waals surface area contributed by atoms with E-state index in [1.165, 1.54) is 32.1 Å². The van der Waals surface area contributed by atoms with Gasteiger partial charge in [0.2, 0.25) is 0 Å². The van der Waals surface area contributed by atoms with E-state index in [2.05, 4.69) is 11.8 Å². The second-order valence-corrected chi connectivity index (χ2v) is 5.54. The van der Waals surface area contributed by atoms with Crippen molar-refractivity contribution >= 4 is 5.69 Å². The first-order valence-corrected chi connectivity index (χ1v) is 7.45. The smallest absolute Gasteiger partial charge is 0.146 e. The molecule has 106 valence electrons. The Morgan fingerprint density at radius 2 is 2.00 bits per heavy atom. The number of halogens is 1. The van der Waals surface area contributed by atoms with Gasteiger partial charge in [-0.1, -0.05) is 31.4 Å². The SMILES string of the molecule is CCN(c1c(F)cccc1C(C)N)C1CCCCC1. The van der Waals surface area contributed by atoms with Gasteiger partial charge in [-0.2, -0.15) is 0 Å². The van der Waals surface area contributed by atoms with Gasteiger partial charge in [-0.3, -0.25) is 0 Å². The summed E-state index contributed by atoms with van der Waals surface area (Å²) in [5.41, 5.74) is 7.66. The molecule has 1 atom stereocenters. The number of benzene rings is 1. The van der Waals surface area contributed by atoms with Crippen molar-refractivity contribution in [2.45, 2.75) is 58.0 Å². The molecular formula is C16H25FN2. The van der Waals surface area contributed by atoms with Gasteiger partial charge in [-0.15, -0.1) is 0 Å². The largest absolute Gasteiger partial charge is 0.366 e. The van der Waals surface area contributed by atoms with Gasteiger partial charge >= 0.3 is 0 Å². The molecule has 2 nitrogen and oxygen atoms in total. The zero-order valence-electron chi connectivity index (χ0n) is 12.0. The maximum Gasteiger partial charge on any atom is 0.146 e. The molecule has 1 fully saturated rings. The van der Waals surface area contributed by atoms with Crippen molar-refractivity contribution in [2.75, 3.05) is 11.4 Å². The van der Waals surface area contributed by atoms with E-state index >= 15 is 0 Å². The minimum Gasteiger partial charge on any atom is -0.366 e. The highest BCUT2D eigenvalue weighted by Crippen LogP contribution is 2.33. The van der Waals surface area contributed by atoms with Crippen molar-refractivity contribution in [3.05, 3.63) is 29.6 Å². The van der Waals surface area contributed by atoms with Crippen LogP contribution in [0.25, 0.3) is 0 Å². The van der Waals surface area contributed by atoms with E-state index in [-0.39, 0.29) is 11.9 Å². The average molecular weight is 264 g/mol. The van der Waals surface area contributed by atoms with Crippen LogP contribution >= 0.6 is 0 Å². The zero-order chi connectivity index (χ0) is 13.8. The van der Waals surface area contributed by atoms with E-state index in [1.807, 2.05) is 13.0 Å². The molecule has 2 rings (SSSR count). The quantitative estimate of drug-likeness (QED) is 0.890. The van der Waals surface area contributed by atoms with Gasteiger partial charge < -0.3 is 10.6 Å². The van der Waals surface area contributed by atoms with E-state index in [9.17, 15) is 4.39 Å². The van der Waals surface area contributed by atoms with Gasteiger partial charge in [0.1, 0.15) is 5.82 Å². The van der Waals surface area contributed by atoms with E-state index in [4.69, 9.17) is 5.73 Å². The maximum absolute atomic E-state index is 14.3. The minimum absolute atomic E-state index is 0.136. The predicted molar refractivity (Wildman–Crippen MR) is 78.9 cm³/mol. The van der Waals surface area contributed by atoms with Crippen LogP contribution in [0.3, 0.4) is 0 Å². The number of hydrogen-bond donors (Lipinski definition) is 1. The van der Waals surface area contributed by atoms with Crippen LogP contribution in [0.1, 0.15) is 57.6 Å². The molecule has 0 aromatic heterocycles. The van der Waals surface area contributed by atoms with Crippen molar-refractivity contribution in [3.63, 3.8) is 0 Å². The van der Waals surface area contributed by atoms with Crippen LogP contribution in [0.2, 0.25) is 0 Å². The fourth-order valence-electron chi connectivity index (χ4n) is 3.19. The summed E-state index contributed by atoms with van der Waals surface area (Å²) < 4.78 is 14.3. The number of rotatable bonds is 4. The topological polar surface area (TPSA) is 29.3 Å². The second kappa shape index (κ2) is 6.38. The molecule has 0 spiro atoms. The van der Waals surface area contributed by atoms with E-state index in [0.717, 1.165) is 17.8 Å². The summed E-state index contributed by atoms with van der Waals surface area (Å²) in [6, 6.07) is 5.59. The molecule has 0 bridgehead atoms. The van der Waals surface area contributed by atoms with Crippen molar-refractivity contribution in [1.29, 1.82) is 0 Å². The highest BCUT2D eigenvalue weighted by molar-refractivity contribution is 5.57. The first-order valence-electron chi connectivity index (χ1n) is 7.45. The molecule has 1 aromatic carbocycles. The van der Waals surface area contributed by atoms with E-state index < -0.39 is 0 Å². The predicted octanol–water partition coefficient (Wildman–Crippen LogP) is 4.00. The number of anilines is 1. The molecule has 0 radical (unpaired) electrons. The highest BCUT2D eigenvalue weighted by Gasteiger charge is 2.25. The maximum atomic E-state index is 14.3. The third-order valence-electron chi connectivity index (χ3n) is 4.15. The molecule has 0 amide bonds. The van der Waals surface area contributed by atoms with Crippen LogP contribution in [0.5, 0.6) is 0 Å². The van der Waals surface area contributed by atoms with Crippen LogP contribution in [0.15, 0.2) is 18.2 Å². The van der Waals surface area contributed by atoms with Crippen LogP contribution < -0.4 is 10.6 Å². The third kappa shape index (κ3) is 3.08.